The second kappa shape index (κ2) is 6.35. The summed E-state index contributed by atoms with van der Waals surface area (Å²) in [5.41, 5.74) is 0.358. The maximum Gasteiger partial charge on any atom is 0.333 e. The van der Waals surface area contributed by atoms with Crippen LogP contribution in [0, 0.1) is 0 Å². The number of hydrogen-bond acceptors (Lipinski definition) is 3. The van der Waals surface area contributed by atoms with Crippen LogP contribution in [0.3, 0.4) is 0 Å². The summed E-state index contributed by atoms with van der Waals surface area (Å²) in [6.07, 6.45) is 0.855. The van der Waals surface area contributed by atoms with Crippen molar-refractivity contribution in [2.45, 2.75) is 58.9 Å². The van der Waals surface area contributed by atoms with Gasteiger partial charge in [-0.15, -0.1) is 0 Å². The zero-order chi connectivity index (χ0) is 13.7. The van der Waals surface area contributed by atoms with Gasteiger partial charge in [-0.2, -0.15) is 0 Å². The molecule has 0 aromatic carbocycles. The Hall–Kier alpha value is -0.613. The van der Waals surface area contributed by atoms with E-state index in [4.69, 9.17) is 9.16 Å². The van der Waals surface area contributed by atoms with Gasteiger partial charge in [-0.1, -0.05) is 6.58 Å². The van der Waals surface area contributed by atoms with Gasteiger partial charge < -0.3 is 9.16 Å². The molecule has 0 aliphatic rings. The SMILES string of the molecule is C=C(C)C(=O)OCCC[Si](C)(C)OC(C)(C)C. The number of hydrogen-bond donors (Lipinski definition) is 0. The number of esters is 1. The first-order valence-corrected chi connectivity index (χ1v) is 9.18. The minimum Gasteiger partial charge on any atom is -0.462 e. The van der Waals surface area contributed by atoms with Crippen LogP contribution in [-0.4, -0.2) is 26.5 Å². The summed E-state index contributed by atoms with van der Waals surface area (Å²) in [6.45, 7) is 16.3. The molecular weight excluding hydrogens is 232 g/mol. The van der Waals surface area contributed by atoms with Crippen molar-refractivity contribution >= 4 is 14.3 Å². The fraction of sp³-hybridized carbons (Fsp3) is 0.769. The lowest BCUT2D eigenvalue weighted by Crippen LogP contribution is -2.39. The first-order valence-electron chi connectivity index (χ1n) is 6.06. The van der Waals surface area contributed by atoms with Gasteiger partial charge in [0.15, 0.2) is 8.32 Å². The third-order valence-electron chi connectivity index (χ3n) is 2.09. The van der Waals surface area contributed by atoms with Crippen LogP contribution in [0.1, 0.15) is 34.1 Å². The van der Waals surface area contributed by atoms with Crippen molar-refractivity contribution < 1.29 is 14.0 Å². The Kier molecular flexibility index (Phi) is 6.13. The quantitative estimate of drug-likeness (QED) is 0.316. The third-order valence-corrected chi connectivity index (χ3v) is 4.81. The molecule has 3 nitrogen and oxygen atoms in total. The smallest absolute Gasteiger partial charge is 0.333 e. The molecule has 0 saturated heterocycles. The maximum absolute atomic E-state index is 11.2. The predicted octanol–water partition coefficient (Wildman–Crippen LogP) is 3.52. The summed E-state index contributed by atoms with van der Waals surface area (Å²) in [4.78, 5) is 11.2. The van der Waals surface area contributed by atoms with Gasteiger partial charge in [-0.3, -0.25) is 0 Å². The Morgan fingerprint density at radius 3 is 2.24 bits per heavy atom. The molecule has 0 aromatic rings. The van der Waals surface area contributed by atoms with Crippen LogP contribution in [0.4, 0.5) is 0 Å². The van der Waals surface area contributed by atoms with Crippen LogP contribution in [0.2, 0.25) is 19.1 Å². The molecule has 0 heterocycles. The van der Waals surface area contributed by atoms with E-state index in [9.17, 15) is 4.79 Å². The fourth-order valence-corrected chi connectivity index (χ4v) is 4.42. The van der Waals surface area contributed by atoms with Gasteiger partial charge in [-0.25, -0.2) is 4.79 Å². The Morgan fingerprint density at radius 2 is 1.82 bits per heavy atom. The standard InChI is InChI=1S/C13H26O3Si/c1-11(2)12(14)15-9-8-10-17(6,7)16-13(3,4)5/h1,8-10H2,2-7H3. The molecule has 0 unspecified atom stereocenters. The molecule has 17 heavy (non-hydrogen) atoms. The number of carbonyl (C=O) groups is 1. The lowest BCUT2D eigenvalue weighted by atomic mass is 10.2. The Morgan fingerprint density at radius 1 is 1.29 bits per heavy atom. The molecule has 0 saturated carbocycles. The summed E-state index contributed by atoms with van der Waals surface area (Å²) in [5.74, 6) is -0.304. The molecule has 100 valence electrons. The topological polar surface area (TPSA) is 35.5 Å². The highest BCUT2D eigenvalue weighted by Gasteiger charge is 2.27. The monoisotopic (exact) mass is 258 g/mol. The van der Waals surface area contributed by atoms with Gasteiger partial charge in [0.1, 0.15) is 0 Å². The molecule has 0 fully saturated rings. The zero-order valence-corrected chi connectivity index (χ0v) is 13.1. The molecule has 0 atom stereocenters. The largest absolute Gasteiger partial charge is 0.462 e. The van der Waals surface area contributed by atoms with Gasteiger partial charge in [0.05, 0.1) is 6.61 Å². The van der Waals surface area contributed by atoms with E-state index in [-0.39, 0.29) is 11.6 Å². The van der Waals surface area contributed by atoms with E-state index < -0.39 is 8.32 Å². The van der Waals surface area contributed by atoms with Gasteiger partial charge in [0.2, 0.25) is 0 Å². The minimum absolute atomic E-state index is 0.0932. The molecule has 0 radical (unpaired) electrons. The fourth-order valence-electron chi connectivity index (χ4n) is 1.67. The van der Waals surface area contributed by atoms with Gasteiger partial charge in [-0.05, 0) is 53.3 Å². The van der Waals surface area contributed by atoms with E-state index in [1.807, 2.05) is 0 Å². The average Bonchev–Trinajstić information content (AvgIpc) is 2.07. The van der Waals surface area contributed by atoms with Gasteiger partial charge >= 0.3 is 5.97 Å². The lowest BCUT2D eigenvalue weighted by Gasteiger charge is -2.32. The first-order chi connectivity index (χ1) is 7.53. The van der Waals surface area contributed by atoms with E-state index in [2.05, 4.69) is 40.4 Å². The molecule has 0 aliphatic carbocycles. The number of rotatable bonds is 6. The zero-order valence-electron chi connectivity index (χ0n) is 12.1. The van der Waals surface area contributed by atoms with E-state index >= 15 is 0 Å². The highest BCUT2D eigenvalue weighted by atomic mass is 28.4. The predicted molar refractivity (Wildman–Crippen MR) is 73.5 cm³/mol. The Bertz CT molecular complexity index is 277. The summed E-state index contributed by atoms with van der Waals surface area (Å²) < 4.78 is 11.1. The second-order valence-corrected chi connectivity index (χ2v) is 10.2. The first kappa shape index (κ1) is 16.4. The van der Waals surface area contributed by atoms with Crippen molar-refractivity contribution in [3.8, 4) is 0 Å². The number of ether oxygens (including phenoxy) is 1. The van der Waals surface area contributed by atoms with Crippen molar-refractivity contribution in [2.75, 3.05) is 6.61 Å². The van der Waals surface area contributed by atoms with Crippen LogP contribution in [-0.2, 0) is 14.0 Å². The van der Waals surface area contributed by atoms with E-state index in [1.54, 1.807) is 6.92 Å². The molecule has 0 rings (SSSR count). The summed E-state index contributed by atoms with van der Waals surface area (Å²) >= 11 is 0. The summed E-state index contributed by atoms with van der Waals surface area (Å²) in [5, 5.41) is 0. The van der Waals surface area contributed by atoms with Crippen molar-refractivity contribution in [1.82, 2.24) is 0 Å². The highest BCUT2D eigenvalue weighted by Crippen LogP contribution is 2.21. The lowest BCUT2D eigenvalue weighted by molar-refractivity contribution is -0.138. The van der Waals surface area contributed by atoms with Gasteiger partial charge in [0.25, 0.3) is 0 Å². The molecule has 0 amide bonds. The molecule has 0 spiro atoms. The van der Waals surface area contributed by atoms with Crippen LogP contribution in [0.25, 0.3) is 0 Å². The van der Waals surface area contributed by atoms with Gasteiger partial charge in [0, 0.05) is 11.2 Å². The summed E-state index contributed by atoms with van der Waals surface area (Å²) in [6, 6.07) is 0.994. The minimum atomic E-state index is -1.65. The molecule has 0 aliphatic heterocycles. The highest BCUT2D eigenvalue weighted by molar-refractivity contribution is 6.71. The normalized spacial score (nSPS) is 12.4. The van der Waals surface area contributed by atoms with Crippen molar-refractivity contribution in [3.05, 3.63) is 12.2 Å². The Balaban J connectivity index is 3.88. The van der Waals surface area contributed by atoms with Crippen LogP contribution >= 0.6 is 0 Å². The second-order valence-electron chi connectivity index (χ2n) is 5.99. The Labute approximate surface area is 106 Å². The maximum atomic E-state index is 11.2. The molecule has 0 N–H and O–H groups in total. The van der Waals surface area contributed by atoms with Crippen LogP contribution < -0.4 is 0 Å². The third kappa shape index (κ3) is 9.12. The van der Waals surface area contributed by atoms with Crippen LogP contribution in [0.15, 0.2) is 12.2 Å². The van der Waals surface area contributed by atoms with E-state index in [0.717, 1.165) is 12.5 Å². The van der Waals surface area contributed by atoms with E-state index in [0.29, 0.717) is 12.2 Å². The molecule has 0 bridgehead atoms. The van der Waals surface area contributed by atoms with Crippen LogP contribution in [0.5, 0.6) is 0 Å². The average molecular weight is 258 g/mol. The molecular formula is C13H26O3Si. The van der Waals surface area contributed by atoms with E-state index in [1.165, 1.54) is 0 Å². The van der Waals surface area contributed by atoms with Crippen molar-refractivity contribution in [1.29, 1.82) is 0 Å². The number of carbonyl (C=O) groups excluding carboxylic acids is 1. The molecule has 4 heteroatoms. The summed E-state index contributed by atoms with van der Waals surface area (Å²) in [7, 11) is -1.65. The molecule has 0 aromatic heterocycles. The van der Waals surface area contributed by atoms with Crippen molar-refractivity contribution in [2.24, 2.45) is 0 Å². The van der Waals surface area contributed by atoms with Crippen molar-refractivity contribution in [3.63, 3.8) is 0 Å².